The second kappa shape index (κ2) is 8.09. The van der Waals surface area contributed by atoms with Gasteiger partial charge in [0.2, 0.25) is 0 Å². The molecule has 1 heterocycles. The zero-order valence-corrected chi connectivity index (χ0v) is 16.4. The number of aliphatic hydroxyl groups is 1. The second-order valence-electron chi connectivity index (χ2n) is 8.41. The molecule has 2 aromatic rings. The Morgan fingerprint density at radius 2 is 1.48 bits per heavy atom. The number of piperazine rings is 1. The molecule has 1 saturated carbocycles. The predicted octanol–water partition coefficient (Wildman–Crippen LogP) is 3.75. The molecule has 0 atom stereocenters. The van der Waals surface area contributed by atoms with Gasteiger partial charge < -0.3 is 10.4 Å². The maximum Gasteiger partial charge on any atom is 0.126 e. The molecule has 3 nitrogen and oxygen atoms in total. The van der Waals surface area contributed by atoms with Crippen LogP contribution < -0.4 is 5.32 Å². The summed E-state index contributed by atoms with van der Waals surface area (Å²) < 4.78 is 41.5. The van der Waals surface area contributed by atoms with Gasteiger partial charge in [-0.15, -0.1) is 0 Å². The van der Waals surface area contributed by atoms with Gasteiger partial charge in [0.15, 0.2) is 0 Å². The minimum Gasteiger partial charge on any atom is -0.385 e. The van der Waals surface area contributed by atoms with Gasteiger partial charge in [-0.1, -0.05) is 12.1 Å². The first-order chi connectivity index (χ1) is 13.9. The number of halogens is 3. The molecule has 1 aliphatic carbocycles. The molecule has 1 saturated heterocycles. The second-order valence-corrected chi connectivity index (χ2v) is 8.41. The molecule has 6 heteroatoms. The summed E-state index contributed by atoms with van der Waals surface area (Å²) in [5, 5.41) is 14.6. The third-order valence-electron chi connectivity index (χ3n) is 6.70. The van der Waals surface area contributed by atoms with Gasteiger partial charge in [-0.05, 0) is 73.6 Å². The van der Waals surface area contributed by atoms with E-state index in [0.717, 1.165) is 32.2 Å². The largest absolute Gasteiger partial charge is 0.385 e. The van der Waals surface area contributed by atoms with Crippen molar-refractivity contribution in [3.05, 3.63) is 71.0 Å². The molecule has 4 rings (SSSR count). The van der Waals surface area contributed by atoms with E-state index >= 15 is 0 Å². The van der Waals surface area contributed by atoms with Gasteiger partial charge in [-0.2, -0.15) is 0 Å². The Labute approximate surface area is 169 Å². The molecule has 0 unspecified atom stereocenters. The lowest BCUT2D eigenvalue weighted by Gasteiger charge is -2.52. The van der Waals surface area contributed by atoms with Crippen molar-refractivity contribution in [2.45, 2.75) is 43.2 Å². The predicted molar refractivity (Wildman–Crippen MR) is 106 cm³/mol. The Balaban J connectivity index is 1.60. The van der Waals surface area contributed by atoms with Crippen LogP contribution in [0.4, 0.5) is 13.2 Å². The van der Waals surface area contributed by atoms with E-state index in [1.54, 1.807) is 12.1 Å². The normalized spacial score (nSPS) is 28.4. The molecule has 156 valence electrons. The van der Waals surface area contributed by atoms with Gasteiger partial charge in [-0.25, -0.2) is 13.2 Å². The summed E-state index contributed by atoms with van der Waals surface area (Å²) in [4.78, 5) is 2.37. The summed E-state index contributed by atoms with van der Waals surface area (Å²) in [6.45, 7) is 3.39. The molecule has 2 aliphatic rings. The lowest BCUT2D eigenvalue weighted by atomic mass is 9.68. The lowest BCUT2D eigenvalue weighted by Crippen LogP contribution is -2.59. The average Bonchev–Trinajstić information content (AvgIpc) is 2.74. The highest BCUT2D eigenvalue weighted by molar-refractivity contribution is 5.26. The van der Waals surface area contributed by atoms with Crippen molar-refractivity contribution in [2.75, 3.05) is 26.2 Å². The first-order valence-electron chi connectivity index (χ1n) is 10.3. The highest BCUT2D eigenvalue weighted by Gasteiger charge is 2.46. The molecule has 1 aliphatic heterocycles. The van der Waals surface area contributed by atoms with Gasteiger partial charge in [0.25, 0.3) is 0 Å². The summed E-state index contributed by atoms with van der Waals surface area (Å²) in [7, 11) is 0. The van der Waals surface area contributed by atoms with E-state index in [1.165, 1.54) is 24.3 Å². The van der Waals surface area contributed by atoms with Crippen molar-refractivity contribution in [3.63, 3.8) is 0 Å². The third kappa shape index (κ3) is 4.20. The molecule has 0 radical (unpaired) electrons. The van der Waals surface area contributed by atoms with Crippen LogP contribution in [0.5, 0.6) is 0 Å². The van der Waals surface area contributed by atoms with Crippen LogP contribution in [-0.4, -0.2) is 41.7 Å². The molecule has 29 heavy (non-hydrogen) atoms. The minimum absolute atomic E-state index is 0.329. The first-order valence-corrected chi connectivity index (χ1v) is 10.3. The molecule has 0 bridgehead atoms. The van der Waals surface area contributed by atoms with E-state index in [2.05, 4.69) is 10.2 Å². The van der Waals surface area contributed by atoms with Crippen LogP contribution in [0.15, 0.2) is 42.5 Å². The fourth-order valence-electron chi connectivity index (χ4n) is 4.96. The fraction of sp³-hybridized carbons (Fsp3) is 0.478. The number of nitrogens with zero attached hydrogens (tertiary/aromatic N) is 1. The monoisotopic (exact) mass is 404 g/mol. The Hall–Kier alpha value is -1.89. The van der Waals surface area contributed by atoms with Gasteiger partial charge in [0.05, 0.1) is 5.60 Å². The maximum atomic E-state index is 14.4. The average molecular weight is 404 g/mol. The van der Waals surface area contributed by atoms with E-state index in [4.69, 9.17) is 0 Å². The first kappa shape index (κ1) is 20.4. The lowest BCUT2D eigenvalue weighted by molar-refractivity contribution is -0.0630. The van der Waals surface area contributed by atoms with Crippen molar-refractivity contribution in [3.8, 4) is 0 Å². The van der Waals surface area contributed by atoms with Gasteiger partial charge in [0.1, 0.15) is 17.5 Å². The molecule has 2 fully saturated rings. The molecule has 2 N–H and O–H groups in total. The number of nitrogens with one attached hydrogen (secondary N) is 1. The minimum atomic E-state index is -1.02. The van der Waals surface area contributed by atoms with Crippen LogP contribution >= 0.6 is 0 Å². The molecule has 0 spiro atoms. The molecule has 0 amide bonds. The van der Waals surface area contributed by atoms with E-state index < -0.39 is 11.4 Å². The van der Waals surface area contributed by atoms with Crippen molar-refractivity contribution < 1.29 is 18.3 Å². The molecular weight excluding hydrogens is 377 g/mol. The van der Waals surface area contributed by atoms with Crippen LogP contribution in [0, 0.1) is 17.5 Å². The summed E-state index contributed by atoms with van der Waals surface area (Å²) >= 11 is 0. The van der Waals surface area contributed by atoms with Gasteiger partial charge >= 0.3 is 0 Å². The Morgan fingerprint density at radius 1 is 0.862 bits per heavy atom. The summed E-state index contributed by atoms with van der Waals surface area (Å²) in [6.07, 6.45) is 2.74. The number of hydrogen-bond acceptors (Lipinski definition) is 3. The van der Waals surface area contributed by atoms with Crippen LogP contribution in [-0.2, 0) is 12.0 Å². The Morgan fingerprint density at radius 3 is 2.14 bits per heavy atom. The topological polar surface area (TPSA) is 35.5 Å². The van der Waals surface area contributed by atoms with E-state index in [1.807, 2.05) is 0 Å². The summed E-state index contributed by atoms with van der Waals surface area (Å²) in [5.41, 5.74) is -0.255. The Bertz CT molecular complexity index is 842. The van der Waals surface area contributed by atoms with E-state index in [0.29, 0.717) is 43.2 Å². The van der Waals surface area contributed by atoms with Gasteiger partial charge in [0, 0.05) is 31.7 Å². The highest BCUT2D eigenvalue weighted by atomic mass is 19.1. The zero-order valence-electron chi connectivity index (χ0n) is 16.4. The Kier molecular flexibility index (Phi) is 5.69. The quantitative estimate of drug-likeness (QED) is 0.815. The van der Waals surface area contributed by atoms with Crippen molar-refractivity contribution in [1.82, 2.24) is 10.2 Å². The number of rotatable bonds is 4. The molecular formula is C23H27F3N2O. The van der Waals surface area contributed by atoms with E-state index in [9.17, 15) is 18.3 Å². The number of hydrogen-bond donors (Lipinski definition) is 2. The number of benzene rings is 2. The molecule has 0 aromatic heterocycles. The van der Waals surface area contributed by atoms with Crippen LogP contribution in [0.2, 0.25) is 0 Å². The fourth-order valence-corrected chi connectivity index (χ4v) is 4.96. The van der Waals surface area contributed by atoms with Crippen LogP contribution in [0.25, 0.3) is 0 Å². The standard InChI is InChI=1S/C23H27F3N2O/c24-19-3-1-18(2-4-19)23(29)9-7-22(8-10-23,28-13-11-27-12-14-28)16-17-15-20(25)5-6-21(17)26/h1-6,15,27,29H,7-14,16H2. The van der Waals surface area contributed by atoms with Crippen LogP contribution in [0.3, 0.4) is 0 Å². The smallest absolute Gasteiger partial charge is 0.126 e. The van der Waals surface area contributed by atoms with Crippen LogP contribution in [0.1, 0.15) is 36.8 Å². The van der Waals surface area contributed by atoms with Gasteiger partial charge in [-0.3, -0.25) is 4.90 Å². The summed E-state index contributed by atoms with van der Waals surface area (Å²) in [6, 6.07) is 9.64. The van der Waals surface area contributed by atoms with Crippen molar-refractivity contribution in [2.24, 2.45) is 0 Å². The SMILES string of the molecule is OC1(c2ccc(F)cc2)CCC(Cc2cc(F)ccc2F)(N2CCNCC2)CC1. The van der Waals surface area contributed by atoms with Crippen molar-refractivity contribution in [1.29, 1.82) is 0 Å². The van der Waals surface area contributed by atoms with E-state index in [-0.39, 0.29) is 17.2 Å². The van der Waals surface area contributed by atoms with Crippen molar-refractivity contribution >= 4 is 0 Å². The summed E-state index contributed by atoms with van der Waals surface area (Å²) in [5.74, 6) is -1.15. The maximum absolute atomic E-state index is 14.4. The third-order valence-corrected chi connectivity index (χ3v) is 6.70. The zero-order chi connectivity index (χ0) is 20.5. The highest BCUT2D eigenvalue weighted by Crippen LogP contribution is 2.45. The molecule has 2 aromatic carbocycles.